The first kappa shape index (κ1) is 59.2. The van der Waals surface area contributed by atoms with Crippen LogP contribution in [0, 0.1) is 0 Å². The van der Waals surface area contributed by atoms with Crippen LogP contribution in [-0.4, -0.2) is 142 Å². The molecule has 0 spiro atoms. The van der Waals surface area contributed by atoms with Crippen molar-refractivity contribution in [1.29, 1.82) is 0 Å². The third-order valence-corrected chi connectivity index (χ3v) is 12.6. The molecule has 1 saturated heterocycles. The van der Waals surface area contributed by atoms with Gasteiger partial charge in [-0.2, -0.15) is 0 Å². The molecule has 0 aliphatic carbocycles. The number of phenolic OH excluding ortho intramolecular Hbond substituents is 1. The van der Waals surface area contributed by atoms with Gasteiger partial charge in [-0.1, -0.05) is 103 Å². The number of amides is 10. The van der Waals surface area contributed by atoms with Gasteiger partial charge >= 0.3 is 0 Å². The number of likely N-dealkylation sites (tertiary alicyclic amines) is 1. The Morgan fingerprint density at radius 1 is 0.571 bits per heavy atom. The lowest BCUT2D eigenvalue weighted by Crippen LogP contribution is -2.59. The number of phenols is 1. The predicted molar refractivity (Wildman–Crippen MR) is 280 cm³/mol. The van der Waals surface area contributed by atoms with E-state index in [2.05, 4.69) is 37.2 Å². The molecule has 23 heteroatoms. The maximum atomic E-state index is 14.3. The largest absolute Gasteiger partial charge is 0.508 e. The van der Waals surface area contributed by atoms with Gasteiger partial charge in [0.25, 0.3) is 0 Å². The van der Waals surface area contributed by atoms with Crippen molar-refractivity contribution in [2.24, 2.45) is 17.2 Å². The number of nitrogens with two attached hydrogens (primary N) is 3. The molecule has 4 aromatic carbocycles. The summed E-state index contributed by atoms with van der Waals surface area (Å²) in [5.74, 6) is -7.96. The van der Waals surface area contributed by atoms with Gasteiger partial charge in [-0.25, -0.2) is 0 Å². The number of nitrogens with zero attached hydrogens (tertiary/aromatic N) is 1. The van der Waals surface area contributed by atoms with E-state index in [-0.39, 0.29) is 57.2 Å². The normalized spacial score (nSPS) is 15.6. The number of benzene rings is 4. The first-order valence-electron chi connectivity index (χ1n) is 25.0. The Labute approximate surface area is 444 Å². The predicted octanol–water partition coefficient (Wildman–Crippen LogP) is -2.23. The maximum Gasteiger partial charge on any atom is 0.246 e. The quantitative estimate of drug-likeness (QED) is 0.0287. The van der Waals surface area contributed by atoms with Crippen molar-refractivity contribution < 1.29 is 58.2 Å². The first-order chi connectivity index (χ1) is 36.8. The zero-order valence-corrected chi connectivity index (χ0v) is 42.5. The number of primary amides is 2. The van der Waals surface area contributed by atoms with Crippen LogP contribution in [0.1, 0.15) is 54.9 Å². The zero-order chi connectivity index (χ0) is 56.0. The number of nitrogens with one attached hydrogen (secondary N) is 7. The fraction of sp³-hybridized carbons (Fsp3) is 0.370. The summed E-state index contributed by atoms with van der Waals surface area (Å²) in [6.07, 6.45) is -0.0360. The molecular weight excluding hydrogens is 995 g/mol. The Morgan fingerprint density at radius 3 is 1.56 bits per heavy atom. The lowest BCUT2D eigenvalue weighted by Gasteiger charge is -2.29. The van der Waals surface area contributed by atoms with Crippen LogP contribution < -0.4 is 54.4 Å². The molecule has 23 nitrogen and oxygen atoms in total. The molecule has 0 aromatic heterocycles. The van der Waals surface area contributed by atoms with Gasteiger partial charge in [-0.15, -0.1) is 0 Å². The Balaban J connectivity index is 1.24. The van der Waals surface area contributed by atoms with Crippen LogP contribution in [0.5, 0.6) is 5.75 Å². The molecular formula is C54H67N11O12. The average molecular weight is 1060 g/mol. The lowest BCUT2D eigenvalue weighted by atomic mass is 10.0. The fourth-order valence-electron chi connectivity index (χ4n) is 8.44. The Kier molecular flexibility index (Phi) is 22.6. The van der Waals surface area contributed by atoms with Gasteiger partial charge in [0.15, 0.2) is 0 Å². The van der Waals surface area contributed by atoms with E-state index in [0.29, 0.717) is 23.1 Å². The van der Waals surface area contributed by atoms with Crippen molar-refractivity contribution in [1.82, 2.24) is 42.1 Å². The van der Waals surface area contributed by atoms with Crippen LogP contribution in [0.25, 0.3) is 0 Å². The minimum Gasteiger partial charge on any atom is -0.508 e. The molecule has 5 rings (SSSR count). The van der Waals surface area contributed by atoms with Crippen LogP contribution >= 0.6 is 0 Å². The fourth-order valence-corrected chi connectivity index (χ4v) is 8.44. The van der Waals surface area contributed by atoms with Gasteiger partial charge in [0.05, 0.1) is 19.2 Å². The second-order valence-electron chi connectivity index (χ2n) is 18.6. The second kappa shape index (κ2) is 29.4. The van der Waals surface area contributed by atoms with Crippen molar-refractivity contribution in [3.63, 3.8) is 0 Å². The van der Waals surface area contributed by atoms with E-state index in [9.17, 15) is 58.2 Å². The minimum absolute atomic E-state index is 0.0453. The Bertz CT molecular complexity index is 2680. The average Bonchev–Trinajstić information content (AvgIpc) is 3.91. The van der Waals surface area contributed by atoms with Crippen LogP contribution in [-0.2, 0) is 73.6 Å². The maximum absolute atomic E-state index is 14.3. The van der Waals surface area contributed by atoms with E-state index in [0.717, 1.165) is 5.56 Å². The molecule has 0 radical (unpaired) electrons. The minimum atomic E-state index is -1.48. The van der Waals surface area contributed by atoms with E-state index < -0.39 is 121 Å². The number of aliphatic hydroxyl groups is 1. The van der Waals surface area contributed by atoms with Crippen molar-refractivity contribution in [3.05, 3.63) is 138 Å². The lowest BCUT2D eigenvalue weighted by molar-refractivity contribution is -0.141. The van der Waals surface area contributed by atoms with Crippen LogP contribution in [0.3, 0.4) is 0 Å². The first-order valence-corrected chi connectivity index (χ1v) is 25.0. The highest BCUT2D eigenvalue weighted by Gasteiger charge is 2.39. The SMILES string of the molecule is C[C@H](NC(=O)[C@H](Cc1ccccc1)NC(=O)[C@H](CCC(N)=O)NC(=O)CNC(=O)[C@@H]1CCCN1C(=O)[C@H](Cc1ccccc1)NC(=O)[C@@H](N)Cc1ccc(O)cc1)C(=O)N[C@@H](Cc1ccccc1)C(=O)N[C@@H](CO)C(N)=O. The molecule has 1 fully saturated rings. The van der Waals surface area contributed by atoms with Gasteiger partial charge < -0.3 is 69.5 Å². The van der Waals surface area contributed by atoms with Crippen molar-refractivity contribution >= 4 is 59.1 Å². The molecule has 8 atom stereocenters. The number of rotatable bonds is 28. The molecule has 0 bridgehead atoms. The highest BCUT2D eigenvalue weighted by atomic mass is 16.3. The van der Waals surface area contributed by atoms with Gasteiger partial charge in [0.2, 0.25) is 59.1 Å². The summed E-state index contributed by atoms with van der Waals surface area (Å²) in [5, 5.41) is 37.0. The van der Waals surface area contributed by atoms with Crippen molar-refractivity contribution in [2.45, 2.75) is 107 Å². The van der Waals surface area contributed by atoms with Gasteiger partial charge in [0.1, 0.15) is 48.0 Å². The van der Waals surface area contributed by atoms with Gasteiger partial charge in [-0.3, -0.25) is 47.9 Å². The Morgan fingerprint density at radius 2 is 1.04 bits per heavy atom. The van der Waals surface area contributed by atoms with Crippen LogP contribution in [0.2, 0.25) is 0 Å². The molecule has 4 aromatic rings. The van der Waals surface area contributed by atoms with E-state index in [1.54, 1.807) is 103 Å². The number of hydrogen-bond donors (Lipinski definition) is 12. The summed E-state index contributed by atoms with van der Waals surface area (Å²) in [5.41, 5.74) is 19.6. The summed E-state index contributed by atoms with van der Waals surface area (Å²) < 4.78 is 0. The highest BCUT2D eigenvalue weighted by Crippen LogP contribution is 2.20. The van der Waals surface area contributed by atoms with Crippen molar-refractivity contribution in [3.8, 4) is 5.75 Å². The molecule has 1 heterocycles. The number of hydrogen-bond acceptors (Lipinski definition) is 13. The van der Waals surface area contributed by atoms with E-state index in [1.807, 2.05) is 0 Å². The number of aliphatic hydroxyl groups excluding tert-OH is 1. The monoisotopic (exact) mass is 1060 g/mol. The van der Waals surface area contributed by atoms with Crippen LogP contribution in [0.15, 0.2) is 115 Å². The second-order valence-corrected chi connectivity index (χ2v) is 18.6. The number of aromatic hydroxyl groups is 1. The topological polar surface area (TPSA) is 377 Å². The van der Waals surface area contributed by atoms with Crippen LogP contribution in [0.4, 0.5) is 0 Å². The molecule has 15 N–H and O–H groups in total. The number of carbonyl (C=O) groups is 10. The number of carbonyl (C=O) groups excluding carboxylic acids is 10. The summed E-state index contributed by atoms with van der Waals surface area (Å²) >= 11 is 0. The standard InChI is InChI=1S/C54H67N11O12/c1-32(48(71)61-41(28-34-14-7-3-8-15-34)52(75)64-43(31-66)47(57)70)59-51(74)40(27-33-12-5-2-6-13-33)62-50(73)39(23-24-45(56)68)60-46(69)30-58-53(76)44-18-11-25-65(44)54(77)42(29-35-16-9-4-10-17-35)63-49(72)38(55)26-36-19-21-37(67)22-20-36/h2-10,12-17,19-22,32,38-44,66-67H,11,18,23-31,55H2,1H3,(H2,56,68)(H2,57,70)(H,58,76)(H,59,74)(H,60,69)(H,61,71)(H,62,73)(H,63,72)(H,64,75)/t32-,38-,39-,40-,41-,42-,43-,44-/m0/s1. The van der Waals surface area contributed by atoms with Crippen molar-refractivity contribution in [2.75, 3.05) is 19.7 Å². The van der Waals surface area contributed by atoms with E-state index >= 15 is 0 Å². The molecule has 10 amide bonds. The molecule has 1 aliphatic heterocycles. The molecule has 1 aliphatic rings. The summed E-state index contributed by atoms with van der Waals surface area (Å²) in [4.78, 5) is 135. The molecule has 77 heavy (non-hydrogen) atoms. The molecule has 410 valence electrons. The van der Waals surface area contributed by atoms with E-state index in [1.165, 1.54) is 24.0 Å². The molecule has 0 unspecified atom stereocenters. The highest BCUT2D eigenvalue weighted by molar-refractivity contribution is 5.98. The zero-order valence-electron chi connectivity index (χ0n) is 42.5. The summed E-state index contributed by atoms with van der Waals surface area (Å²) in [6, 6.07) is 22.0. The summed E-state index contributed by atoms with van der Waals surface area (Å²) in [7, 11) is 0. The Hall–Kier alpha value is -8.70. The summed E-state index contributed by atoms with van der Waals surface area (Å²) in [6.45, 7) is 0.0121. The molecule has 0 saturated carbocycles. The van der Waals surface area contributed by atoms with E-state index in [4.69, 9.17) is 17.2 Å². The smallest absolute Gasteiger partial charge is 0.246 e. The van der Waals surface area contributed by atoms with Gasteiger partial charge in [0, 0.05) is 32.2 Å². The third-order valence-electron chi connectivity index (χ3n) is 12.6. The third kappa shape index (κ3) is 18.9. The van der Waals surface area contributed by atoms with Gasteiger partial charge in [-0.05, 0) is 67.0 Å².